The summed E-state index contributed by atoms with van der Waals surface area (Å²) >= 11 is 5.94. The maximum atomic E-state index is 12.3. The van der Waals surface area contributed by atoms with E-state index < -0.39 is 11.6 Å². The summed E-state index contributed by atoms with van der Waals surface area (Å²) in [7, 11) is 0. The van der Waals surface area contributed by atoms with Crippen molar-refractivity contribution in [3.8, 4) is 5.75 Å². The number of carbonyl (C=O) groups is 1. The first-order valence-corrected chi connectivity index (χ1v) is 7.29. The predicted molar refractivity (Wildman–Crippen MR) is 78.1 cm³/mol. The number of aliphatic hydroxyl groups excluding tert-OH is 1. The Balaban J connectivity index is 2.06. The standard InChI is InChI=1S/C15H20ClNO3/c1-3-15(4-2,9-18)17-14(19)13-8-10-7-11(16)5-6-12(10)20-13/h5-7,13,18H,3-4,8-9H2,1-2H3,(H,17,19). The van der Waals surface area contributed by atoms with Gasteiger partial charge in [-0.15, -0.1) is 0 Å². The topological polar surface area (TPSA) is 58.6 Å². The minimum absolute atomic E-state index is 0.0722. The predicted octanol–water partition coefficient (Wildman–Crippen LogP) is 2.31. The SMILES string of the molecule is CCC(CC)(CO)NC(=O)C1Cc2cc(Cl)ccc2O1. The molecule has 1 atom stereocenters. The summed E-state index contributed by atoms with van der Waals surface area (Å²) in [6.07, 6.45) is 1.32. The molecule has 0 radical (unpaired) electrons. The summed E-state index contributed by atoms with van der Waals surface area (Å²) in [6.45, 7) is 3.82. The largest absolute Gasteiger partial charge is 0.480 e. The van der Waals surface area contributed by atoms with Gasteiger partial charge in [-0.25, -0.2) is 0 Å². The number of fused-ring (bicyclic) bond motifs is 1. The van der Waals surface area contributed by atoms with Crippen molar-refractivity contribution >= 4 is 17.5 Å². The molecule has 0 aliphatic carbocycles. The van der Waals surface area contributed by atoms with Crippen LogP contribution < -0.4 is 10.1 Å². The van der Waals surface area contributed by atoms with Crippen molar-refractivity contribution in [2.24, 2.45) is 0 Å². The Morgan fingerprint density at radius 2 is 2.20 bits per heavy atom. The monoisotopic (exact) mass is 297 g/mol. The fourth-order valence-corrected chi connectivity index (χ4v) is 2.59. The highest BCUT2D eigenvalue weighted by molar-refractivity contribution is 6.30. The molecule has 0 spiro atoms. The van der Waals surface area contributed by atoms with Crippen molar-refractivity contribution in [1.82, 2.24) is 5.32 Å². The van der Waals surface area contributed by atoms with Gasteiger partial charge >= 0.3 is 0 Å². The summed E-state index contributed by atoms with van der Waals surface area (Å²) < 4.78 is 5.65. The molecule has 2 rings (SSSR count). The van der Waals surface area contributed by atoms with Crippen LogP contribution >= 0.6 is 11.6 Å². The smallest absolute Gasteiger partial charge is 0.261 e. The van der Waals surface area contributed by atoms with E-state index in [4.69, 9.17) is 16.3 Å². The molecular formula is C15H20ClNO3. The summed E-state index contributed by atoms with van der Waals surface area (Å²) in [4.78, 5) is 12.3. The maximum absolute atomic E-state index is 12.3. The molecule has 1 aromatic carbocycles. The maximum Gasteiger partial charge on any atom is 0.261 e. The zero-order chi connectivity index (χ0) is 14.8. The molecule has 0 saturated carbocycles. The molecule has 20 heavy (non-hydrogen) atoms. The van der Waals surface area contributed by atoms with Crippen molar-refractivity contribution < 1.29 is 14.6 Å². The van der Waals surface area contributed by atoms with Crippen molar-refractivity contribution in [1.29, 1.82) is 0 Å². The number of ether oxygens (including phenoxy) is 1. The number of aliphatic hydroxyl groups is 1. The average molecular weight is 298 g/mol. The lowest BCUT2D eigenvalue weighted by Crippen LogP contribution is -2.54. The lowest BCUT2D eigenvalue weighted by atomic mass is 9.93. The molecule has 0 bridgehead atoms. The lowest BCUT2D eigenvalue weighted by molar-refractivity contribution is -0.130. The quantitative estimate of drug-likeness (QED) is 0.877. The van der Waals surface area contributed by atoms with E-state index in [0.717, 1.165) is 5.56 Å². The Morgan fingerprint density at radius 1 is 1.50 bits per heavy atom. The van der Waals surface area contributed by atoms with Crippen molar-refractivity contribution in [2.75, 3.05) is 6.61 Å². The molecule has 1 aliphatic heterocycles. The first kappa shape index (κ1) is 15.1. The third-order valence-electron chi connectivity index (χ3n) is 4.03. The molecule has 0 fully saturated rings. The second kappa shape index (κ2) is 6.02. The number of nitrogens with one attached hydrogen (secondary N) is 1. The molecule has 110 valence electrons. The van der Waals surface area contributed by atoms with Crippen LogP contribution in [0.5, 0.6) is 5.75 Å². The Labute approximate surface area is 124 Å². The second-order valence-electron chi connectivity index (χ2n) is 5.20. The first-order chi connectivity index (χ1) is 9.53. The van der Waals surface area contributed by atoms with E-state index in [1.807, 2.05) is 19.9 Å². The van der Waals surface area contributed by atoms with Crippen LogP contribution in [0.25, 0.3) is 0 Å². The van der Waals surface area contributed by atoms with Gasteiger partial charge in [0.2, 0.25) is 0 Å². The molecule has 1 aliphatic rings. The Bertz CT molecular complexity index is 492. The number of hydrogen-bond donors (Lipinski definition) is 2. The van der Waals surface area contributed by atoms with E-state index in [-0.39, 0.29) is 12.5 Å². The van der Waals surface area contributed by atoms with Crippen LogP contribution in [0.2, 0.25) is 5.02 Å². The van der Waals surface area contributed by atoms with Crippen LogP contribution in [0.3, 0.4) is 0 Å². The third-order valence-corrected chi connectivity index (χ3v) is 4.27. The van der Waals surface area contributed by atoms with Gasteiger partial charge in [0.25, 0.3) is 5.91 Å². The van der Waals surface area contributed by atoms with Gasteiger partial charge in [0.1, 0.15) is 5.75 Å². The van der Waals surface area contributed by atoms with Crippen LogP contribution in [0.4, 0.5) is 0 Å². The van der Waals surface area contributed by atoms with Gasteiger partial charge in [0.15, 0.2) is 6.10 Å². The number of hydrogen-bond acceptors (Lipinski definition) is 3. The third kappa shape index (κ3) is 2.91. The molecule has 4 nitrogen and oxygen atoms in total. The van der Waals surface area contributed by atoms with Crippen molar-refractivity contribution in [3.05, 3.63) is 28.8 Å². The van der Waals surface area contributed by atoms with Gasteiger partial charge < -0.3 is 15.2 Å². The average Bonchev–Trinajstić information content (AvgIpc) is 2.88. The highest BCUT2D eigenvalue weighted by Gasteiger charge is 2.34. The number of halogens is 1. The summed E-state index contributed by atoms with van der Waals surface area (Å²) in [5.74, 6) is 0.521. The van der Waals surface area contributed by atoms with E-state index >= 15 is 0 Å². The van der Waals surface area contributed by atoms with E-state index in [2.05, 4.69) is 5.32 Å². The van der Waals surface area contributed by atoms with Gasteiger partial charge in [0, 0.05) is 11.4 Å². The fraction of sp³-hybridized carbons (Fsp3) is 0.533. The van der Waals surface area contributed by atoms with Gasteiger partial charge in [-0.05, 0) is 36.6 Å². The highest BCUT2D eigenvalue weighted by Crippen LogP contribution is 2.31. The van der Waals surface area contributed by atoms with E-state index in [1.54, 1.807) is 12.1 Å². The highest BCUT2D eigenvalue weighted by atomic mass is 35.5. The molecule has 1 heterocycles. The molecule has 1 amide bonds. The van der Waals surface area contributed by atoms with Crippen molar-refractivity contribution in [3.63, 3.8) is 0 Å². The van der Waals surface area contributed by atoms with Crippen molar-refractivity contribution in [2.45, 2.75) is 44.8 Å². The van der Waals surface area contributed by atoms with Gasteiger partial charge in [-0.1, -0.05) is 25.4 Å². The van der Waals surface area contributed by atoms with E-state index in [0.29, 0.717) is 30.0 Å². The van der Waals surface area contributed by atoms with Gasteiger partial charge in [-0.2, -0.15) is 0 Å². The summed E-state index contributed by atoms with van der Waals surface area (Å²) in [5, 5.41) is 13.1. The van der Waals surface area contributed by atoms with E-state index in [1.165, 1.54) is 0 Å². The van der Waals surface area contributed by atoms with E-state index in [9.17, 15) is 9.90 Å². The Morgan fingerprint density at radius 3 is 2.80 bits per heavy atom. The molecule has 1 aromatic rings. The van der Waals surface area contributed by atoms with Crippen LogP contribution in [0.15, 0.2) is 18.2 Å². The summed E-state index contributed by atoms with van der Waals surface area (Å²) in [6, 6.07) is 5.35. The fourth-order valence-electron chi connectivity index (χ4n) is 2.40. The molecule has 5 heteroatoms. The minimum atomic E-state index is -0.563. The normalized spacial score (nSPS) is 17.5. The van der Waals surface area contributed by atoms with Crippen LogP contribution in [0, 0.1) is 0 Å². The molecular weight excluding hydrogens is 278 g/mol. The molecule has 0 aromatic heterocycles. The van der Waals surface area contributed by atoms with Gasteiger partial charge in [-0.3, -0.25) is 4.79 Å². The molecule has 2 N–H and O–H groups in total. The summed E-state index contributed by atoms with van der Waals surface area (Å²) in [5.41, 5.74) is 0.382. The Kier molecular flexibility index (Phi) is 4.55. The number of amides is 1. The number of benzene rings is 1. The van der Waals surface area contributed by atoms with Gasteiger partial charge in [0.05, 0.1) is 12.1 Å². The minimum Gasteiger partial charge on any atom is -0.480 e. The Hall–Kier alpha value is -1.26. The van der Waals surface area contributed by atoms with Crippen LogP contribution in [-0.2, 0) is 11.2 Å². The van der Waals surface area contributed by atoms with Crippen LogP contribution in [-0.4, -0.2) is 29.3 Å². The number of rotatable bonds is 5. The first-order valence-electron chi connectivity index (χ1n) is 6.91. The molecule has 0 saturated heterocycles. The second-order valence-corrected chi connectivity index (χ2v) is 5.63. The molecule has 1 unspecified atom stereocenters. The zero-order valence-corrected chi connectivity index (χ0v) is 12.5. The zero-order valence-electron chi connectivity index (χ0n) is 11.8. The van der Waals surface area contributed by atoms with Crippen LogP contribution in [0.1, 0.15) is 32.3 Å². The number of carbonyl (C=O) groups excluding carboxylic acids is 1. The lowest BCUT2D eigenvalue weighted by Gasteiger charge is -2.31.